The molecule has 12 nitrogen and oxygen atoms in total. The molecule has 0 unspecified atom stereocenters. The number of pyridine rings is 1. The third-order valence-electron chi connectivity index (χ3n) is 5.72. The highest BCUT2D eigenvalue weighted by Crippen LogP contribution is 2.39. The van der Waals surface area contributed by atoms with Crippen LogP contribution < -0.4 is 19.9 Å². The highest BCUT2D eigenvalue weighted by molar-refractivity contribution is 6.04. The number of anilines is 3. The zero-order valence-electron chi connectivity index (χ0n) is 18.2. The van der Waals surface area contributed by atoms with Crippen LogP contribution in [0, 0.1) is 0 Å². The van der Waals surface area contributed by atoms with E-state index in [0.29, 0.717) is 19.0 Å². The number of urea groups is 1. The van der Waals surface area contributed by atoms with Crippen LogP contribution in [0.15, 0.2) is 24.4 Å². The Bertz CT molecular complexity index is 1090. The predicted molar refractivity (Wildman–Crippen MR) is 116 cm³/mol. The number of carbonyl (C=O) groups is 2. The van der Waals surface area contributed by atoms with Gasteiger partial charge in [0.1, 0.15) is 12.7 Å². The third-order valence-corrected chi connectivity index (χ3v) is 5.72. The molecule has 0 radical (unpaired) electrons. The fourth-order valence-corrected chi connectivity index (χ4v) is 4.25. The molecule has 33 heavy (non-hydrogen) atoms. The van der Waals surface area contributed by atoms with Gasteiger partial charge in [0.05, 0.1) is 18.3 Å². The lowest BCUT2D eigenvalue weighted by atomic mass is 10.2. The maximum atomic E-state index is 13.2. The van der Waals surface area contributed by atoms with Crippen LogP contribution in [0.4, 0.5) is 22.2 Å². The monoisotopic (exact) mass is 456 g/mol. The Morgan fingerprint density at radius 3 is 2.91 bits per heavy atom. The number of carboxylic acid groups (broad SMARTS) is 1. The normalized spacial score (nSPS) is 22.7. The molecule has 0 saturated carbocycles. The summed E-state index contributed by atoms with van der Waals surface area (Å²) in [4.78, 5) is 40.8. The second-order valence-electron chi connectivity index (χ2n) is 8.51. The van der Waals surface area contributed by atoms with Gasteiger partial charge in [0.2, 0.25) is 11.8 Å². The fourth-order valence-electron chi connectivity index (χ4n) is 4.25. The number of fused-ring (bicyclic) bond motifs is 4. The summed E-state index contributed by atoms with van der Waals surface area (Å²) in [6.45, 7) is 5.74. The minimum atomic E-state index is -1.15. The molecular formula is C21H24N6O6. The zero-order chi connectivity index (χ0) is 23.2. The van der Waals surface area contributed by atoms with E-state index in [1.807, 2.05) is 13.8 Å². The second kappa shape index (κ2) is 8.12. The topological polar surface area (TPSA) is 139 Å². The largest absolute Gasteiger partial charge is 0.477 e. The van der Waals surface area contributed by atoms with Gasteiger partial charge in [-0.3, -0.25) is 10.2 Å². The highest BCUT2D eigenvalue weighted by Gasteiger charge is 2.41. The Morgan fingerprint density at radius 1 is 1.30 bits per heavy atom. The molecule has 2 bridgehead atoms. The first-order valence-electron chi connectivity index (χ1n) is 10.7. The minimum absolute atomic E-state index is 0.0674. The van der Waals surface area contributed by atoms with Crippen molar-refractivity contribution in [1.82, 2.24) is 15.0 Å². The van der Waals surface area contributed by atoms with E-state index in [1.54, 1.807) is 12.1 Å². The molecule has 5 rings (SSSR count). The van der Waals surface area contributed by atoms with Gasteiger partial charge >= 0.3 is 12.0 Å². The Labute approximate surface area is 189 Å². The van der Waals surface area contributed by atoms with Gasteiger partial charge in [0.25, 0.3) is 0 Å². The molecule has 5 heterocycles. The summed E-state index contributed by atoms with van der Waals surface area (Å²) in [7, 11) is 0. The molecule has 2 atom stereocenters. The van der Waals surface area contributed by atoms with Crippen LogP contribution in [0.2, 0.25) is 0 Å². The number of aromatic carboxylic acids is 1. The fraction of sp³-hybridized carbons (Fsp3) is 0.476. The average Bonchev–Trinajstić information content (AvgIpc) is 3.35. The summed E-state index contributed by atoms with van der Waals surface area (Å²) in [5.41, 5.74) is 0.602. The van der Waals surface area contributed by atoms with Crippen LogP contribution in [0.1, 0.15) is 30.8 Å². The third kappa shape index (κ3) is 4.26. The van der Waals surface area contributed by atoms with Crippen molar-refractivity contribution in [3.8, 4) is 5.88 Å². The molecule has 0 aromatic carbocycles. The minimum Gasteiger partial charge on any atom is -0.477 e. The summed E-state index contributed by atoms with van der Waals surface area (Å²) < 4.78 is 16.9. The zero-order valence-corrected chi connectivity index (χ0v) is 18.2. The summed E-state index contributed by atoms with van der Waals surface area (Å²) >= 11 is 0. The number of ether oxygens (including phenoxy) is 3. The standard InChI is InChI=1S/C21H24N6O6/c1-21(2)32-11-13(33-21)10-31-16-5-7-22-19(24-16)25-20(30)27-12-6-8-26(9-12)15-4-3-14(18(28)29)23-17(15)27/h3-5,7,12-13H,6,8-11H2,1-2H3,(H,28,29)(H,22,24,25,30)/t12-,13+/m0/s1. The molecule has 2 N–H and O–H groups in total. The van der Waals surface area contributed by atoms with E-state index in [2.05, 4.69) is 25.2 Å². The Morgan fingerprint density at radius 2 is 2.15 bits per heavy atom. The molecular weight excluding hydrogens is 432 g/mol. The van der Waals surface area contributed by atoms with Crippen molar-refractivity contribution in [2.45, 2.75) is 38.2 Å². The van der Waals surface area contributed by atoms with Crippen molar-refractivity contribution in [1.29, 1.82) is 0 Å². The molecule has 0 aliphatic carbocycles. The van der Waals surface area contributed by atoms with Crippen LogP contribution in [0.5, 0.6) is 5.88 Å². The molecule has 0 spiro atoms. The number of nitrogens with zero attached hydrogens (tertiary/aromatic N) is 5. The molecule has 174 valence electrons. The molecule has 3 aliphatic rings. The van der Waals surface area contributed by atoms with Gasteiger partial charge < -0.3 is 24.2 Å². The molecule has 2 amide bonds. The van der Waals surface area contributed by atoms with E-state index in [1.165, 1.54) is 17.2 Å². The summed E-state index contributed by atoms with van der Waals surface area (Å²) in [6, 6.07) is 4.11. The summed E-state index contributed by atoms with van der Waals surface area (Å²) in [6.07, 6.45) is 2.00. The second-order valence-corrected chi connectivity index (χ2v) is 8.51. The van der Waals surface area contributed by atoms with Crippen molar-refractivity contribution in [2.24, 2.45) is 0 Å². The number of hydrogen-bond acceptors (Lipinski definition) is 9. The van der Waals surface area contributed by atoms with Crippen molar-refractivity contribution >= 4 is 29.5 Å². The number of carboxylic acids is 1. The lowest BCUT2D eigenvalue weighted by molar-refractivity contribution is -0.141. The summed E-state index contributed by atoms with van der Waals surface area (Å²) in [5, 5.41) is 12.0. The van der Waals surface area contributed by atoms with Gasteiger partial charge in [-0.15, -0.1) is 0 Å². The number of carbonyl (C=O) groups excluding carboxylic acids is 1. The molecule has 3 aliphatic heterocycles. The summed E-state index contributed by atoms with van der Waals surface area (Å²) in [5.74, 6) is -1.13. The predicted octanol–water partition coefficient (Wildman–Crippen LogP) is 1.73. The van der Waals surface area contributed by atoms with Crippen molar-refractivity contribution in [3.05, 3.63) is 30.1 Å². The number of rotatable bonds is 5. The lowest BCUT2D eigenvalue weighted by Crippen LogP contribution is -2.48. The number of hydrogen-bond donors (Lipinski definition) is 2. The van der Waals surface area contributed by atoms with Crippen LogP contribution in [0.3, 0.4) is 0 Å². The Kier molecular flexibility index (Phi) is 5.25. The first kappa shape index (κ1) is 21.3. The lowest BCUT2D eigenvalue weighted by Gasteiger charge is -2.35. The first-order chi connectivity index (χ1) is 15.8. The quantitative estimate of drug-likeness (QED) is 0.684. The molecule has 2 saturated heterocycles. The van der Waals surface area contributed by atoms with E-state index >= 15 is 0 Å². The average molecular weight is 456 g/mol. The SMILES string of the molecule is CC1(C)OC[C@@H](COc2ccnc(NC(=O)N3c4nc(C(=O)O)ccc4N4CC[C@H]3C4)n2)O1. The first-order valence-corrected chi connectivity index (χ1v) is 10.7. The van der Waals surface area contributed by atoms with Gasteiger partial charge in [-0.05, 0) is 32.4 Å². The van der Waals surface area contributed by atoms with Gasteiger partial charge in [-0.2, -0.15) is 4.98 Å². The molecule has 12 heteroatoms. The van der Waals surface area contributed by atoms with Gasteiger partial charge in [-0.25, -0.2) is 19.6 Å². The number of amides is 2. The smallest absolute Gasteiger partial charge is 0.354 e. The highest BCUT2D eigenvalue weighted by atomic mass is 16.7. The van der Waals surface area contributed by atoms with E-state index in [-0.39, 0.29) is 36.3 Å². The Balaban J connectivity index is 1.31. The number of aromatic nitrogens is 3. The van der Waals surface area contributed by atoms with E-state index in [4.69, 9.17) is 14.2 Å². The van der Waals surface area contributed by atoms with Gasteiger partial charge in [0.15, 0.2) is 17.3 Å². The molecule has 2 aromatic rings. The van der Waals surface area contributed by atoms with Crippen LogP contribution in [-0.4, -0.2) is 76.3 Å². The van der Waals surface area contributed by atoms with Crippen LogP contribution in [-0.2, 0) is 9.47 Å². The molecule has 2 fully saturated rings. The van der Waals surface area contributed by atoms with Crippen molar-refractivity contribution < 1.29 is 28.9 Å². The van der Waals surface area contributed by atoms with Crippen molar-refractivity contribution in [3.63, 3.8) is 0 Å². The number of nitrogens with one attached hydrogen (secondary N) is 1. The maximum Gasteiger partial charge on any atom is 0.354 e. The van der Waals surface area contributed by atoms with E-state index in [9.17, 15) is 14.7 Å². The van der Waals surface area contributed by atoms with Crippen molar-refractivity contribution in [2.75, 3.05) is 41.4 Å². The molecule has 2 aromatic heterocycles. The van der Waals surface area contributed by atoms with E-state index in [0.717, 1.165) is 18.7 Å². The van der Waals surface area contributed by atoms with Crippen LogP contribution in [0.25, 0.3) is 0 Å². The van der Waals surface area contributed by atoms with Gasteiger partial charge in [0, 0.05) is 25.4 Å². The van der Waals surface area contributed by atoms with E-state index < -0.39 is 17.8 Å². The van der Waals surface area contributed by atoms with Gasteiger partial charge in [-0.1, -0.05) is 0 Å². The Hall–Kier alpha value is -3.51. The maximum absolute atomic E-state index is 13.2. The van der Waals surface area contributed by atoms with Crippen LogP contribution >= 0.6 is 0 Å².